The summed E-state index contributed by atoms with van der Waals surface area (Å²) in [4.78, 5) is 26.2. The number of amides is 1. The number of nitrogens with zero attached hydrogens (tertiary/aromatic N) is 1. The van der Waals surface area contributed by atoms with Crippen molar-refractivity contribution >= 4 is 23.5 Å². The van der Waals surface area contributed by atoms with E-state index in [4.69, 9.17) is 16.3 Å². The van der Waals surface area contributed by atoms with Crippen LogP contribution in [0.1, 0.15) is 25.8 Å². The van der Waals surface area contributed by atoms with Gasteiger partial charge in [-0.25, -0.2) is 0 Å². The molecule has 1 saturated heterocycles. The first-order chi connectivity index (χ1) is 10.7. The molecule has 0 spiro atoms. The lowest BCUT2D eigenvalue weighted by molar-refractivity contribution is -0.152. The molecule has 1 aromatic carbocycles. The molecule has 23 heavy (non-hydrogen) atoms. The monoisotopic (exact) mass is 339 g/mol. The highest BCUT2D eigenvalue weighted by Crippen LogP contribution is 2.36. The molecule has 6 heteroatoms. The lowest BCUT2D eigenvalue weighted by Gasteiger charge is -2.31. The van der Waals surface area contributed by atoms with Gasteiger partial charge in [-0.3, -0.25) is 9.59 Å². The fraction of sp³-hybridized carbons (Fsp3) is 0.529. The summed E-state index contributed by atoms with van der Waals surface area (Å²) in [6.07, 6.45) is 0.389. The molecule has 0 radical (unpaired) electrons. The zero-order chi connectivity index (χ0) is 17.3. The summed E-state index contributed by atoms with van der Waals surface area (Å²) in [5.41, 5.74) is -1.10. The van der Waals surface area contributed by atoms with Crippen molar-refractivity contribution in [1.29, 1.82) is 0 Å². The number of aliphatic carboxylic acids is 1. The van der Waals surface area contributed by atoms with E-state index in [0.717, 1.165) is 5.56 Å². The van der Waals surface area contributed by atoms with Crippen molar-refractivity contribution in [1.82, 2.24) is 4.90 Å². The minimum atomic E-state index is -1.03. The Morgan fingerprint density at radius 2 is 2.04 bits per heavy atom. The van der Waals surface area contributed by atoms with Gasteiger partial charge in [-0.2, -0.15) is 0 Å². The number of rotatable bonds is 5. The third kappa shape index (κ3) is 3.21. The van der Waals surface area contributed by atoms with Gasteiger partial charge >= 0.3 is 5.97 Å². The molecular formula is C17H22ClNO4. The molecule has 1 N–H and O–H groups in total. The molecule has 126 valence electrons. The second kappa shape index (κ2) is 6.49. The largest absolute Gasteiger partial charge is 0.481 e. The molecule has 5 nitrogen and oxygen atoms in total. The van der Waals surface area contributed by atoms with Crippen molar-refractivity contribution < 1.29 is 19.4 Å². The molecule has 1 aromatic rings. The number of carbonyl (C=O) groups is 2. The molecule has 0 bridgehead atoms. The molecule has 1 atom stereocenters. The van der Waals surface area contributed by atoms with E-state index in [2.05, 4.69) is 0 Å². The second-order valence-corrected chi connectivity index (χ2v) is 7.01. The van der Waals surface area contributed by atoms with E-state index in [0.29, 0.717) is 18.0 Å². The van der Waals surface area contributed by atoms with Gasteiger partial charge in [-0.05, 0) is 31.9 Å². The van der Waals surface area contributed by atoms with Crippen molar-refractivity contribution in [3.63, 3.8) is 0 Å². The maximum Gasteiger partial charge on any atom is 0.313 e. The molecule has 1 amide bonds. The first-order valence-corrected chi connectivity index (χ1v) is 7.89. The standard InChI is InChI=1S/C17H22ClNO4/c1-16(2,12-6-4-5-7-13(12)18)14(20)19-9-8-17(10-19,11-23-3)15(21)22/h4-7H,8-11H2,1-3H3,(H,21,22). The van der Waals surface area contributed by atoms with Crippen LogP contribution in [-0.2, 0) is 19.7 Å². The van der Waals surface area contributed by atoms with Crippen LogP contribution < -0.4 is 0 Å². The molecule has 1 unspecified atom stereocenters. The Balaban J connectivity index is 2.24. The summed E-state index contributed by atoms with van der Waals surface area (Å²) in [6, 6.07) is 7.24. The van der Waals surface area contributed by atoms with Crippen LogP contribution in [0.3, 0.4) is 0 Å². The van der Waals surface area contributed by atoms with Gasteiger partial charge in [0.25, 0.3) is 0 Å². The van der Waals surface area contributed by atoms with Crippen LogP contribution in [0, 0.1) is 5.41 Å². The Kier molecular flexibility index (Phi) is 5.01. The number of ether oxygens (including phenoxy) is 1. The van der Waals surface area contributed by atoms with E-state index in [1.165, 1.54) is 7.11 Å². The summed E-state index contributed by atoms with van der Waals surface area (Å²) in [7, 11) is 1.48. The zero-order valence-electron chi connectivity index (χ0n) is 13.6. The Hall–Kier alpha value is -1.59. The van der Waals surface area contributed by atoms with Gasteiger partial charge < -0.3 is 14.7 Å². The Bertz CT molecular complexity index is 616. The molecule has 1 aliphatic heterocycles. The Morgan fingerprint density at radius 1 is 1.39 bits per heavy atom. The third-order valence-corrected chi connectivity index (χ3v) is 4.93. The molecule has 0 aromatic heterocycles. The summed E-state index contributed by atoms with van der Waals surface area (Å²) in [5, 5.41) is 10.1. The average Bonchev–Trinajstić information content (AvgIpc) is 2.92. The number of benzene rings is 1. The number of carboxylic acid groups (broad SMARTS) is 1. The molecule has 2 rings (SSSR count). The van der Waals surface area contributed by atoms with Crippen LogP contribution in [-0.4, -0.2) is 48.7 Å². The molecular weight excluding hydrogens is 318 g/mol. The number of methoxy groups -OCH3 is 1. The van der Waals surface area contributed by atoms with Crippen molar-refractivity contribution in [2.45, 2.75) is 25.7 Å². The van der Waals surface area contributed by atoms with Crippen molar-refractivity contribution in [2.75, 3.05) is 26.8 Å². The summed E-state index contributed by atoms with van der Waals surface area (Å²) in [6.45, 7) is 4.28. The topological polar surface area (TPSA) is 66.8 Å². The number of carboxylic acids is 1. The Labute approximate surface area is 141 Å². The summed E-state index contributed by atoms with van der Waals surface area (Å²) in [5.74, 6) is -1.05. The number of carbonyl (C=O) groups excluding carboxylic acids is 1. The number of hydrogen-bond acceptors (Lipinski definition) is 3. The smallest absolute Gasteiger partial charge is 0.313 e. The first-order valence-electron chi connectivity index (χ1n) is 7.51. The van der Waals surface area contributed by atoms with Crippen molar-refractivity contribution in [3.05, 3.63) is 34.9 Å². The van der Waals surface area contributed by atoms with E-state index < -0.39 is 16.8 Å². The summed E-state index contributed by atoms with van der Waals surface area (Å²) >= 11 is 6.23. The highest BCUT2D eigenvalue weighted by molar-refractivity contribution is 6.31. The van der Waals surface area contributed by atoms with Gasteiger partial charge in [0.1, 0.15) is 5.41 Å². The predicted molar refractivity (Wildman–Crippen MR) is 87.6 cm³/mol. The molecule has 0 aliphatic carbocycles. The Morgan fingerprint density at radius 3 is 2.61 bits per heavy atom. The van der Waals surface area contributed by atoms with Gasteiger partial charge in [0.15, 0.2) is 0 Å². The number of hydrogen-bond donors (Lipinski definition) is 1. The van der Waals surface area contributed by atoms with Gasteiger partial charge in [-0.15, -0.1) is 0 Å². The van der Waals surface area contributed by atoms with E-state index in [1.54, 1.807) is 11.0 Å². The van der Waals surface area contributed by atoms with Gasteiger partial charge in [0.2, 0.25) is 5.91 Å². The van der Waals surface area contributed by atoms with Crippen molar-refractivity contribution in [3.8, 4) is 0 Å². The SMILES string of the molecule is COCC1(C(=O)O)CCN(C(=O)C(C)(C)c2ccccc2Cl)C1. The predicted octanol–water partition coefficient (Wildman–Crippen LogP) is 2.57. The number of halogens is 1. The van der Waals surface area contributed by atoms with E-state index in [1.807, 2.05) is 32.0 Å². The minimum absolute atomic E-state index is 0.0959. The number of likely N-dealkylation sites (tertiary alicyclic amines) is 1. The molecule has 1 aliphatic rings. The minimum Gasteiger partial charge on any atom is -0.481 e. The van der Waals surface area contributed by atoms with Gasteiger partial charge in [0.05, 0.1) is 12.0 Å². The second-order valence-electron chi connectivity index (χ2n) is 6.60. The average molecular weight is 340 g/mol. The maximum absolute atomic E-state index is 13.0. The van der Waals surface area contributed by atoms with Crippen LogP contribution in [0.15, 0.2) is 24.3 Å². The molecule has 1 heterocycles. The van der Waals surface area contributed by atoms with Crippen LogP contribution >= 0.6 is 11.6 Å². The molecule has 1 fully saturated rings. The fourth-order valence-electron chi connectivity index (χ4n) is 3.15. The fourth-order valence-corrected chi connectivity index (χ4v) is 3.53. The summed E-state index contributed by atoms with van der Waals surface area (Å²) < 4.78 is 5.07. The van der Waals surface area contributed by atoms with Crippen LogP contribution in [0.5, 0.6) is 0 Å². The van der Waals surface area contributed by atoms with Crippen LogP contribution in [0.4, 0.5) is 0 Å². The normalized spacial score (nSPS) is 21.5. The van der Waals surface area contributed by atoms with E-state index in [-0.39, 0.29) is 19.1 Å². The first kappa shape index (κ1) is 17.8. The van der Waals surface area contributed by atoms with E-state index in [9.17, 15) is 14.7 Å². The van der Waals surface area contributed by atoms with Gasteiger partial charge in [0, 0.05) is 25.2 Å². The lowest BCUT2D eigenvalue weighted by atomic mass is 9.83. The van der Waals surface area contributed by atoms with Crippen molar-refractivity contribution in [2.24, 2.45) is 5.41 Å². The lowest BCUT2D eigenvalue weighted by Crippen LogP contribution is -2.45. The quantitative estimate of drug-likeness (QED) is 0.895. The maximum atomic E-state index is 13.0. The zero-order valence-corrected chi connectivity index (χ0v) is 14.4. The van der Waals surface area contributed by atoms with E-state index >= 15 is 0 Å². The van der Waals surface area contributed by atoms with Gasteiger partial charge in [-0.1, -0.05) is 29.8 Å². The third-order valence-electron chi connectivity index (χ3n) is 4.60. The van der Waals surface area contributed by atoms with Crippen LogP contribution in [0.2, 0.25) is 5.02 Å². The van der Waals surface area contributed by atoms with Crippen LogP contribution in [0.25, 0.3) is 0 Å². The highest BCUT2D eigenvalue weighted by atomic mass is 35.5. The molecule has 0 saturated carbocycles. The highest BCUT2D eigenvalue weighted by Gasteiger charge is 2.48.